The van der Waals surface area contributed by atoms with Crippen LogP contribution in [0.15, 0.2) is 36.8 Å². The maximum absolute atomic E-state index is 12.4. The van der Waals surface area contributed by atoms with E-state index in [2.05, 4.69) is 20.4 Å². The summed E-state index contributed by atoms with van der Waals surface area (Å²) in [5.74, 6) is 0.779. The molecule has 1 amide bonds. The van der Waals surface area contributed by atoms with E-state index in [1.807, 2.05) is 12.1 Å². The van der Waals surface area contributed by atoms with Gasteiger partial charge < -0.3 is 10.1 Å². The second kappa shape index (κ2) is 5.20. The summed E-state index contributed by atoms with van der Waals surface area (Å²) in [6.07, 6.45) is 3.00. The topological polar surface area (TPSA) is 81.4 Å². The zero-order chi connectivity index (χ0) is 14.8. The molecule has 21 heavy (non-hydrogen) atoms. The van der Waals surface area contributed by atoms with E-state index in [-0.39, 0.29) is 5.91 Å². The molecule has 106 valence electrons. The number of amides is 1. The molecule has 0 aliphatic carbocycles. The maximum atomic E-state index is 12.4. The summed E-state index contributed by atoms with van der Waals surface area (Å²) in [6, 6.07) is 7.21. The third kappa shape index (κ3) is 2.40. The van der Waals surface area contributed by atoms with Crippen molar-refractivity contribution in [1.82, 2.24) is 19.6 Å². The predicted molar refractivity (Wildman–Crippen MR) is 76.5 cm³/mol. The van der Waals surface area contributed by atoms with E-state index in [9.17, 15) is 4.79 Å². The fourth-order valence-corrected chi connectivity index (χ4v) is 2.00. The summed E-state index contributed by atoms with van der Waals surface area (Å²) < 4.78 is 6.67. The van der Waals surface area contributed by atoms with Crippen LogP contribution in [0.4, 0.5) is 5.69 Å². The number of nitrogens with one attached hydrogen (secondary N) is 1. The molecule has 0 saturated carbocycles. The van der Waals surface area contributed by atoms with Crippen LogP contribution >= 0.6 is 0 Å². The standard InChI is InChI=1S/C14H13N5O2/c1-9-10(7-19-14(17-9)15-8-16-19)13(20)18-11-5-3-4-6-12(11)21-2/h3-8H,1-2H3,(H,18,20). The number of anilines is 1. The SMILES string of the molecule is COc1ccccc1NC(=O)c1cn2ncnc2nc1C. The van der Waals surface area contributed by atoms with Crippen molar-refractivity contribution in [3.05, 3.63) is 48.0 Å². The summed E-state index contributed by atoms with van der Waals surface area (Å²) in [6.45, 7) is 1.76. The number of carbonyl (C=O) groups excluding carboxylic acids is 1. The largest absolute Gasteiger partial charge is 0.495 e. The average molecular weight is 283 g/mol. The number of aryl methyl sites for hydroxylation is 1. The normalized spacial score (nSPS) is 10.6. The number of hydrogen-bond donors (Lipinski definition) is 1. The zero-order valence-electron chi connectivity index (χ0n) is 11.6. The molecule has 0 fully saturated rings. The van der Waals surface area contributed by atoms with Crippen molar-refractivity contribution in [2.75, 3.05) is 12.4 Å². The minimum Gasteiger partial charge on any atom is -0.495 e. The molecular formula is C14H13N5O2. The van der Waals surface area contributed by atoms with Crippen LogP contribution in [0.5, 0.6) is 5.75 Å². The van der Waals surface area contributed by atoms with Crippen molar-refractivity contribution in [1.29, 1.82) is 0 Å². The molecule has 2 heterocycles. The van der Waals surface area contributed by atoms with Gasteiger partial charge in [0.05, 0.1) is 24.1 Å². The predicted octanol–water partition coefficient (Wildman–Crippen LogP) is 1.69. The fraction of sp³-hybridized carbons (Fsp3) is 0.143. The number of benzene rings is 1. The monoisotopic (exact) mass is 283 g/mol. The molecule has 0 aliphatic heterocycles. The molecule has 7 nitrogen and oxygen atoms in total. The van der Waals surface area contributed by atoms with Gasteiger partial charge in [0.2, 0.25) is 0 Å². The van der Waals surface area contributed by atoms with Gasteiger partial charge in [0.1, 0.15) is 12.1 Å². The second-order valence-electron chi connectivity index (χ2n) is 4.40. The van der Waals surface area contributed by atoms with Gasteiger partial charge >= 0.3 is 0 Å². The van der Waals surface area contributed by atoms with Crippen LogP contribution in [0.25, 0.3) is 5.78 Å². The molecule has 2 aromatic heterocycles. The molecule has 0 atom stereocenters. The van der Waals surface area contributed by atoms with Gasteiger partial charge in [-0.1, -0.05) is 12.1 Å². The maximum Gasteiger partial charge on any atom is 0.259 e. The van der Waals surface area contributed by atoms with Crippen LogP contribution < -0.4 is 10.1 Å². The summed E-state index contributed by atoms with van der Waals surface area (Å²) >= 11 is 0. The highest BCUT2D eigenvalue weighted by Gasteiger charge is 2.14. The smallest absolute Gasteiger partial charge is 0.259 e. The number of hydrogen-bond acceptors (Lipinski definition) is 5. The Hall–Kier alpha value is -2.96. The number of ether oxygens (including phenoxy) is 1. The Bertz CT molecular complexity index is 812. The van der Waals surface area contributed by atoms with E-state index in [4.69, 9.17) is 4.74 Å². The number of aromatic nitrogens is 4. The van der Waals surface area contributed by atoms with Crippen LogP contribution in [0, 0.1) is 6.92 Å². The lowest BCUT2D eigenvalue weighted by atomic mass is 10.2. The number of para-hydroxylation sites is 2. The van der Waals surface area contributed by atoms with Gasteiger partial charge in [-0.05, 0) is 19.1 Å². The van der Waals surface area contributed by atoms with Crippen molar-refractivity contribution >= 4 is 17.4 Å². The Morgan fingerprint density at radius 1 is 1.33 bits per heavy atom. The molecule has 0 radical (unpaired) electrons. The van der Waals surface area contributed by atoms with E-state index in [1.54, 1.807) is 32.4 Å². The van der Waals surface area contributed by atoms with Gasteiger partial charge in [-0.2, -0.15) is 10.1 Å². The van der Waals surface area contributed by atoms with E-state index < -0.39 is 0 Å². The number of carbonyl (C=O) groups is 1. The van der Waals surface area contributed by atoms with Crippen LogP contribution in [0.3, 0.4) is 0 Å². The Morgan fingerprint density at radius 2 is 2.14 bits per heavy atom. The minimum absolute atomic E-state index is 0.276. The third-order valence-corrected chi connectivity index (χ3v) is 3.06. The first-order valence-corrected chi connectivity index (χ1v) is 6.30. The van der Waals surface area contributed by atoms with E-state index in [0.29, 0.717) is 28.5 Å². The fourth-order valence-electron chi connectivity index (χ4n) is 2.00. The molecule has 7 heteroatoms. The van der Waals surface area contributed by atoms with Gasteiger partial charge in [0, 0.05) is 6.20 Å². The highest BCUT2D eigenvalue weighted by atomic mass is 16.5. The number of nitrogens with zero attached hydrogens (tertiary/aromatic N) is 4. The molecule has 0 saturated heterocycles. The number of methoxy groups -OCH3 is 1. The van der Waals surface area contributed by atoms with Crippen molar-refractivity contribution in [2.24, 2.45) is 0 Å². The molecule has 3 rings (SSSR count). The van der Waals surface area contributed by atoms with Crippen molar-refractivity contribution in [3.8, 4) is 5.75 Å². The zero-order valence-corrected chi connectivity index (χ0v) is 11.6. The third-order valence-electron chi connectivity index (χ3n) is 3.06. The molecule has 0 unspecified atom stereocenters. The first kappa shape index (κ1) is 13.0. The second-order valence-corrected chi connectivity index (χ2v) is 4.40. The average Bonchev–Trinajstić information content (AvgIpc) is 2.94. The summed E-state index contributed by atoms with van der Waals surface area (Å²) in [5, 5.41) is 6.79. The highest BCUT2D eigenvalue weighted by molar-refractivity contribution is 6.05. The van der Waals surface area contributed by atoms with E-state index in [0.717, 1.165) is 0 Å². The minimum atomic E-state index is -0.276. The summed E-state index contributed by atoms with van der Waals surface area (Å²) in [5.41, 5.74) is 1.62. The molecule has 1 N–H and O–H groups in total. The lowest BCUT2D eigenvalue weighted by molar-refractivity contribution is 0.102. The van der Waals surface area contributed by atoms with Crippen LogP contribution in [0.2, 0.25) is 0 Å². The van der Waals surface area contributed by atoms with Crippen molar-refractivity contribution in [2.45, 2.75) is 6.92 Å². The first-order valence-electron chi connectivity index (χ1n) is 6.30. The van der Waals surface area contributed by atoms with Gasteiger partial charge in [-0.3, -0.25) is 4.79 Å². The van der Waals surface area contributed by atoms with E-state index >= 15 is 0 Å². The molecule has 3 aromatic rings. The van der Waals surface area contributed by atoms with Crippen LogP contribution in [-0.4, -0.2) is 32.6 Å². The molecule has 1 aromatic carbocycles. The number of rotatable bonds is 3. The highest BCUT2D eigenvalue weighted by Crippen LogP contribution is 2.23. The molecule has 0 aliphatic rings. The van der Waals surface area contributed by atoms with Gasteiger partial charge in [0.25, 0.3) is 11.7 Å². The van der Waals surface area contributed by atoms with Gasteiger partial charge in [0.15, 0.2) is 0 Å². The molecular weight excluding hydrogens is 270 g/mol. The van der Waals surface area contributed by atoms with Crippen LogP contribution in [-0.2, 0) is 0 Å². The Kier molecular flexibility index (Phi) is 3.23. The quantitative estimate of drug-likeness (QED) is 0.791. The van der Waals surface area contributed by atoms with Crippen molar-refractivity contribution in [3.63, 3.8) is 0 Å². The molecule has 0 spiro atoms. The van der Waals surface area contributed by atoms with Crippen molar-refractivity contribution < 1.29 is 9.53 Å². The summed E-state index contributed by atoms with van der Waals surface area (Å²) in [4.78, 5) is 20.6. The molecule has 0 bridgehead atoms. The Labute approximate surface area is 120 Å². The van der Waals surface area contributed by atoms with Gasteiger partial charge in [-0.25, -0.2) is 9.50 Å². The van der Waals surface area contributed by atoms with Crippen LogP contribution in [0.1, 0.15) is 16.1 Å². The lowest BCUT2D eigenvalue weighted by Crippen LogP contribution is -2.16. The Balaban J connectivity index is 1.95. The van der Waals surface area contributed by atoms with Gasteiger partial charge in [-0.15, -0.1) is 0 Å². The Morgan fingerprint density at radius 3 is 2.95 bits per heavy atom. The number of fused-ring (bicyclic) bond motifs is 1. The first-order chi connectivity index (χ1) is 10.2. The lowest BCUT2D eigenvalue weighted by Gasteiger charge is -2.10. The van der Waals surface area contributed by atoms with E-state index in [1.165, 1.54) is 10.8 Å². The summed E-state index contributed by atoms with van der Waals surface area (Å²) in [7, 11) is 1.55.